The summed E-state index contributed by atoms with van der Waals surface area (Å²) in [6.07, 6.45) is 1.71. The number of nitrogens with two attached hydrogens (primary N) is 1. The van der Waals surface area contributed by atoms with E-state index in [2.05, 4.69) is 10.6 Å². The normalized spacial score (nSPS) is 13.3. The lowest BCUT2D eigenvalue weighted by molar-refractivity contribution is -0.129. The van der Waals surface area contributed by atoms with E-state index in [1.54, 1.807) is 0 Å². The molecule has 0 spiro atoms. The van der Waals surface area contributed by atoms with Crippen LogP contribution in [0.4, 0.5) is 0 Å². The highest BCUT2D eigenvalue weighted by Gasteiger charge is 2.20. The Balaban J connectivity index is 2.56. The zero-order chi connectivity index (χ0) is 15.7. The molecule has 4 N–H and O–H groups in total. The van der Waals surface area contributed by atoms with Crippen molar-refractivity contribution >= 4 is 11.8 Å². The lowest BCUT2D eigenvalue weighted by Crippen LogP contribution is -2.50. The van der Waals surface area contributed by atoms with Crippen molar-refractivity contribution < 1.29 is 9.59 Å². The molecule has 0 aliphatic carbocycles. The second-order valence-electron chi connectivity index (χ2n) is 5.22. The number of rotatable bonds is 8. The maximum atomic E-state index is 12.1. The third-order valence-electron chi connectivity index (χ3n) is 3.18. The van der Waals surface area contributed by atoms with Crippen molar-refractivity contribution in [3.8, 4) is 0 Å². The highest BCUT2D eigenvalue weighted by Crippen LogP contribution is 2.02. The molecule has 5 heteroatoms. The van der Waals surface area contributed by atoms with Gasteiger partial charge in [-0.15, -0.1) is 0 Å². The predicted octanol–water partition coefficient (Wildman–Crippen LogP) is 0.977. The highest BCUT2D eigenvalue weighted by atomic mass is 16.2. The Hall–Kier alpha value is -1.88. The molecule has 21 heavy (non-hydrogen) atoms. The Morgan fingerprint density at radius 3 is 2.43 bits per heavy atom. The van der Waals surface area contributed by atoms with Crippen molar-refractivity contribution in [3.05, 3.63) is 35.9 Å². The van der Waals surface area contributed by atoms with Crippen molar-refractivity contribution in [2.45, 2.75) is 45.2 Å². The van der Waals surface area contributed by atoms with E-state index in [1.165, 1.54) is 0 Å². The van der Waals surface area contributed by atoms with Crippen LogP contribution in [0, 0.1) is 0 Å². The summed E-state index contributed by atoms with van der Waals surface area (Å²) in [5, 5.41) is 5.61. The molecule has 0 aliphatic rings. The molecule has 2 amide bonds. The predicted molar refractivity (Wildman–Crippen MR) is 83.6 cm³/mol. The summed E-state index contributed by atoms with van der Waals surface area (Å²) in [6, 6.07) is 8.88. The van der Waals surface area contributed by atoms with Crippen LogP contribution in [0.3, 0.4) is 0 Å². The minimum Gasteiger partial charge on any atom is -0.351 e. The average molecular weight is 291 g/mol. The Kier molecular flexibility index (Phi) is 7.46. The first-order chi connectivity index (χ1) is 10.1. The van der Waals surface area contributed by atoms with Crippen molar-refractivity contribution in [2.75, 3.05) is 6.54 Å². The fourth-order valence-electron chi connectivity index (χ4n) is 1.99. The third kappa shape index (κ3) is 6.40. The minimum atomic E-state index is -0.500. The van der Waals surface area contributed by atoms with Crippen LogP contribution >= 0.6 is 0 Å². The number of amides is 2. The zero-order valence-corrected chi connectivity index (χ0v) is 12.8. The molecule has 0 radical (unpaired) electrons. The average Bonchev–Trinajstić information content (AvgIpc) is 2.47. The van der Waals surface area contributed by atoms with E-state index >= 15 is 0 Å². The molecule has 0 heterocycles. The molecule has 116 valence electrons. The maximum absolute atomic E-state index is 12.1. The number of carbonyl (C=O) groups excluding carboxylic acids is 2. The van der Waals surface area contributed by atoms with E-state index < -0.39 is 6.04 Å². The monoisotopic (exact) mass is 291 g/mol. The first-order valence-electron chi connectivity index (χ1n) is 7.40. The van der Waals surface area contributed by atoms with Gasteiger partial charge < -0.3 is 16.4 Å². The summed E-state index contributed by atoms with van der Waals surface area (Å²) in [5.74, 6) is -0.314. The standard InChI is InChI=1S/C16H25N3O2/c1-3-7-14(16(21)18-12(2)11-17)19-15(20)10-13-8-5-4-6-9-13/h4-6,8-9,12,14H,3,7,10-11,17H2,1-2H3,(H,18,21)(H,19,20)/t12-,14?/m0/s1. The van der Waals surface area contributed by atoms with Crippen LogP contribution in [-0.4, -0.2) is 30.4 Å². The quantitative estimate of drug-likeness (QED) is 0.667. The Morgan fingerprint density at radius 2 is 1.86 bits per heavy atom. The zero-order valence-electron chi connectivity index (χ0n) is 12.8. The van der Waals surface area contributed by atoms with Crippen molar-refractivity contribution in [1.29, 1.82) is 0 Å². The smallest absolute Gasteiger partial charge is 0.242 e. The molecule has 0 aliphatic heterocycles. The SMILES string of the molecule is CCCC(NC(=O)Cc1ccccc1)C(=O)N[C@@H](C)CN. The molecular formula is C16H25N3O2. The highest BCUT2D eigenvalue weighted by molar-refractivity contribution is 5.88. The largest absolute Gasteiger partial charge is 0.351 e. The minimum absolute atomic E-state index is 0.0946. The van der Waals surface area contributed by atoms with Crippen LogP contribution < -0.4 is 16.4 Å². The topological polar surface area (TPSA) is 84.2 Å². The fraction of sp³-hybridized carbons (Fsp3) is 0.500. The first-order valence-corrected chi connectivity index (χ1v) is 7.40. The summed E-state index contributed by atoms with van der Waals surface area (Å²) >= 11 is 0. The van der Waals surface area contributed by atoms with Gasteiger partial charge in [0.15, 0.2) is 0 Å². The number of hydrogen-bond acceptors (Lipinski definition) is 3. The molecule has 0 fully saturated rings. The second kappa shape index (κ2) is 9.13. The Bertz CT molecular complexity index is 448. The molecule has 1 aromatic carbocycles. The van der Waals surface area contributed by atoms with Crippen molar-refractivity contribution in [2.24, 2.45) is 5.73 Å². The van der Waals surface area contributed by atoms with Crippen LogP contribution in [0.2, 0.25) is 0 Å². The molecule has 0 saturated heterocycles. The number of hydrogen-bond donors (Lipinski definition) is 3. The van der Waals surface area contributed by atoms with Gasteiger partial charge in [0.25, 0.3) is 0 Å². The molecule has 1 rings (SSSR count). The Labute approximate surface area is 126 Å². The second-order valence-corrected chi connectivity index (χ2v) is 5.22. The molecule has 1 unspecified atom stereocenters. The molecule has 0 aromatic heterocycles. The van der Waals surface area contributed by atoms with Gasteiger partial charge in [0.2, 0.25) is 11.8 Å². The van der Waals surface area contributed by atoms with Gasteiger partial charge in [-0.25, -0.2) is 0 Å². The van der Waals surface area contributed by atoms with Crippen LogP contribution in [0.15, 0.2) is 30.3 Å². The van der Waals surface area contributed by atoms with Gasteiger partial charge in [0.1, 0.15) is 6.04 Å². The van der Waals surface area contributed by atoms with Crippen molar-refractivity contribution in [1.82, 2.24) is 10.6 Å². The van der Waals surface area contributed by atoms with E-state index in [0.29, 0.717) is 13.0 Å². The number of benzene rings is 1. The van der Waals surface area contributed by atoms with E-state index in [4.69, 9.17) is 5.73 Å². The molecule has 0 saturated carbocycles. The molecule has 5 nitrogen and oxygen atoms in total. The van der Waals surface area contributed by atoms with Gasteiger partial charge in [-0.05, 0) is 18.9 Å². The Morgan fingerprint density at radius 1 is 1.19 bits per heavy atom. The molecule has 1 aromatic rings. The number of nitrogens with one attached hydrogen (secondary N) is 2. The van der Waals surface area contributed by atoms with Gasteiger partial charge >= 0.3 is 0 Å². The molecular weight excluding hydrogens is 266 g/mol. The van der Waals surface area contributed by atoms with Crippen LogP contribution in [0.25, 0.3) is 0 Å². The van der Waals surface area contributed by atoms with Crippen molar-refractivity contribution in [3.63, 3.8) is 0 Å². The summed E-state index contributed by atoms with van der Waals surface area (Å²) < 4.78 is 0. The van der Waals surface area contributed by atoms with E-state index in [1.807, 2.05) is 44.2 Å². The lowest BCUT2D eigenvalue weighted by atomic mass is 10.1. The number of carbonyl (C=O) groups is 2. The summed E-state index contributed by atoms with van der Waals surface area (Å²) in [7, 11) is 0. The van der Waals surface area contributed by atoms with E-state index in [-0.39, 0.29) is 24.3 Å². The van der Waals surface area contributed by atoms with E-state index in [9.17, 15) is 9.59 Å². The fourth-order valence-corrected chi connectivity index (χ4v) is 1.99. The molecule has 2 atom stereocenters. The lowest BCUT2D eigenvalue weighted by Gasteiger charge is -2.20. The van der Waals surface area contributed by atoms with Crippen LogP contribution in [0.5, 0.6) is 0 Å². The summed E-state index contributed by atoms with van der Waals surface area (Å²) in [6.45, 7) is 4.20. The van der Waals surface area contributed by atoms with Gasteiger partial charge in [-0.1, -0.05) is 43.7 Å². The summed E-state index contributed by atoms with van der Waals surface area (Å²) in [5.41, 5.74) is 6.43. The van der Waals surface area contributed by atoms with Gasteiger partial charge in [-0.3, -0.25) is 9.59 Å². The molecule has 0 bridgehead atoms. The van der Waals surface area contributed by atoms with Gasteiger partial charge in [0, 0.05) is 12.6 Å². The third-order valence-corrected chi connectivity index (χ3v) is 3.18. The van der Waals surface area contributed by atoms with Crippen LogP contribution in [0.1, 0.15) is 32.3 Å². The van der Waals surface area contributed by atoms with E-state index in [0.717, 1.165) is 12.0 Å². The van der Waals surface area contributed by atoms with Crippen LogP contribution in [-0.2, 0) is 16.0 Å². The van der Waals surface area contributed by atoms with Gasteiger partial charge in [-0.2, -0.15) is 0 Å². The first kappa shape index (κ1) is 17.2. The summed E-state index contributed by atoms with van der Waals surface area (Å²) in [4.78, 5) is 24.2. The van der Waals surface area contributed by atoms with Gasteiger partial charge in [0.05, 0.1) is 6.42 Å². The maximum Gasteiger partial charge on any atom is 0.242 e.